The number of hydrogen-bond acceptors (Lipinski definition) is 4. The molecule has 3 aliphatic rings. The predicted molar refractivity (Wildman–Crippen MR) is 143 cm³/mol. The van der Waals surface area contributed by atoms with Crippen LogP contribution in [0, 0.1) is 17.8 Å². The average molecular weight is 490 g/mol. The van der Waals surface area contributed by atoms with Crippen molar-refractivity contribution in [2.24, 2.45) is 17.8 Å². The number of aryl methyl sites for hydroxylation is 1. The zero-order valence-corrected chi connectivity index (χ0v) is 21.9. The van der Waals surface area contributed by atoms with Crippen molar-refractivity contribution in [3.8, 4) is 0 Å². The normalized spacial score (nSPS) is 27.8. The number of hydrogen-bond donors (Lipinski definition) is 1. The zero-order chi connectivity index (χ0) is 25.0. The molecule has 2 aromatic rings. The number of carbonyl (C=O) groups is 1. The standard InChI is InChI=1S/C32H43NO3/c1-33(22-12-11-15-24-13-5-2-6-14-24)29-23-25-20-21-28(29)30(25)36-31(34)32(35,26-16-7-3-8-17-26)27-18-9-4-10-19-27/h2-3,5-8,13-14,16-17,25,27-30,35H,4,9-12,15,18-23H2,1H3/t25?,28?,29-,30?,32?/m1/s1. The van der Waals surface area contributed by atoms with Crippen LogP contribution in [-0.2, 0) is 21.6 Å². The van der Waals surface area contributed by atoms with E-state index in [1.807, 2.05) is 30.3 Å². The summed E-state index contributed by atoms with van der Waals surface area (Å²) in [5.74, 6) is 0.323. The molecule has 0 aromatic heterocycles. The first-order valence-corrected chi connectivity index (χ1v) is 14.3. The molecule has 3 aliphatic carbocycles. The maximum absolute atomic E-state index is 13.8. The summed E-state index contributed by atoms with van der Waals surface area (Å²) in [4.78, 5) is 16.3. The summed E-state index contributed by atoms with van der Waals surface area (Å²) in [6.07, 6.45) is 11.9. The van der Waals surface area contributed by atoms with Gasteiger partial charge < -0.3 is 14.7 Å². The Labute approximate surface area is 217 Å². The van der Waals surface area contributed by atoms with Gasteiger partial charge in [0.15, 0.2) is 5.60 Å². The lowest BCUT2D eigenvalue weighted by Crippen LogP contribution is -2.47. The van der Waals surface area contributed by atoms with E-state index in [1.165, 1.54) is 24.8 Å². The molecule has 0 aliphatic heterocycles. The third-order valence-electron chi connectivity index (χ3n) is 9.40. The second-order valence-corrected chi connectivity index (χ2v) is 11.6. The highest BCUT2D eigenvalue weighted by molar-refractivity contribution is 5.82. The Morgan fingerprint density at radius 3 is 2.36 bits per heavy atom. The zero-order valence-electron chi connectivity index (χ0n) is 21.9. The molecule has 4 heteroatoms. The van der Waals surface area contributed by atoms with Gasteiger partial charge in [-0.1, -0.05) is 79.9 Å². The van der Waals surface area contributed by atoms with Gasteiger partial charge in [0.05, 0.1) is 0 Å². The van der Waals surface area contributed by atoms with E-state index < -0.39 is 11.6 Å². The first kappa shape index (κ1) is 25.5. The van der Waals surface area contributed by atoms with Crippen LogP contribution in [0.3, 0.4) is 0 Å². The molecule has 194 valence electrons. The van der Waals surface area contributed by atoms with E-state index >= 15 is 0 Å². The molecular formula is C32H43NO3. The lowest BCUT2D eigenvalue weighted by atomic mass is 9.73. The Morgan fingerprint density at radius 1 is 0.944 bits per heavy atom. The summed E-state index contributed by atoms with van der Waals surface area (Å²) in [6, 6.07) is 20.8. The fourth-order valence-corrected chi connectivity index (χ4v) is 7.37. The molecule has 2 aromatic carbocycles. The molecule has 4 nitrogen and oxygen atoms in total. The van der Waals surface area contributed by atoms with Gasteiger partial charge in [0, 0.05) is 17.9 Å². The van der Waals surface area contributed by atoms with Gasteiger partial charge in [0.1, 0.15) is 6.10 Å². The van der Waals surface area contributed by atoms with Crippen LogP contribution in [-0.4, -0.2) is 41.7 Å². The Morgan fingerprint density at radius 2 is 1.64 bits per heavy atom. The SMILES string of the molecule is CN(CCCCc1ccccc1)[C@@H]1CC2CCC1C2OC(=O)C(O)(c1ccccc1)C1CCCCC1. The van der Waals surface area contributed by atoms with Crippen molar-refractivity contribution < 1.29 is 14.6 Å². The first-order chi connectivity index (χ1) is 17.6. The molecule has 1 N–H and O–H groups in total. The van der Waals surface area contributed by atoms with Crippen LogP contribution in [0.25, 0.3) is 0 Å². The summed E-state index contributed by atoms with van der Waals surface area (Å²) in [7, 11) is 2.25. The van der Waals surface area contributed by atoms with Crippen molar-refractivity contribution >= 4 is 5.97 Å². The Balaban J connectivity index is 1.21. The highest BCUT2D eigenvalue weighted by Gasteiger charge is 2.54. The molecule has 5 atom stereocenters. The third kappa shape index (κ3) is 5.26. The van der Waals surface area contributed by atoms with Crippen LogP contribution in [0.2, 0.25) is 0 Å². The first-order valence-electron chi connectivity index (χ1n) is 14.3. The van der Waals surface area contributed by atoms with Gasteiger partial charge in [-0.2, -0.15) is 0 Å². The smallest absolute Gasteiger partial charge is 0.343 e. The maximum atomic E-state index is 13.8. The second-order valence-electron chi connectivity index (χ2n) is 11.6. The van der Waals surface area contributed by atoms with Crippen LogP contribution in [0.4, 0.5) is 0 Å². The molecule has 0 radical (unpaired) electrons. The molecule has 2 bridgehead atoms. The van der Waals surface area contributed by atoms with Gasteiger partial charge >= 0.3 is 5.97 Å². The summed E-state index contributed by atoms with van der Waals surface area (Å²) in [5, 5.41) is 12.0. The molecule has 0 heterocycles. The number of unbranched alkanes of at least 4 members (excludes halogenated alkanes) is 1. The van der Waals surface area contributed by atoms with Gasteiger partial charge in [-0.3, -0.25) is 0 Å². The molecule has 3 fully saturated rings. The van der Waals surface area contributed by atoms with Gasteiger partial charge in [0.25, 0.3) is 0 Å². The Bertz CT molecular complexity index is 973. The number of carbonyl (C=O) groups excluding carboxylic acids is 1. The average Bonchev–Trinajstić information content (AvgIpc) is 3.48. The van der Waals surface area contributed by atoms with E-state index in [9.17, 15) is 9.90 Å². The van der Waals surface area contributed by atoms with Crippen molar-refractivity contribution in [2.75, 3.05) is 13.6 Å². The van der Waals surface area contributed by atoms with Gasteiger partial charge in [-0.05, 0) is 82.0 Å². The van der Waals surface area contributed by atoms with Gasteiger partial charge in [-0.15, -0.1) is 0 Å². The molecule has 0 amide bonds. The summed E-state index contributed by atoms with van der Waals surface area (Å²) >= 11 is 0. The Kier molecular flexibility index (Phi) is 8.12. The summed E-state index contributed by atoms with van der Waals surface area (Å²) in [5.41, 5.74) is 0.568. The number of esters is 1. The van der Waals surface area contributed by atoms with Crippen molar-refractivity contribution in [3.63, 3.8) is 0 Å². The number of fused-ring (bicyclic) bond motifs is 2. The maximum Gasteiger partial charge on any atom is 0.343 e. The minimum atomic E-state index is -1.54. The largest absolute Gasteiger partial charge is 0.459 e. The van der Waals surface area contributed by atoms with Crippen molar-refractivity contribution in [1.82, 2.24) is 4.90 Å². The van der Waals surface area contributed by atoms with Crippen molar-refractivity contribution in [3.05, 3.63) is 71.8 Å². The van der Waals surface area contributed by atoms with E-state index in [4.69, 9.17) is 4.74 Å². The number of rotatable bonds is 10. The van der Waals surface area contributed by atoms with Crippen LogP contribution < -0.4 is 0 Å². The van der Waals surface area contributed by atoms with Crippen LogP contribution >= 0.6 is 0 Å². The molecule has 0 spiro atoms. The van der Waals surface area contributed by atoms with E-state index in [1.54, 1.807) is 0 Å². The van der Waals surface area contributed by atoms with Crippen molar-refractivity contribution in [1.29, 1.82) is 0 Å². The van der Waals surface area contributed by atoms with E-state index in [2.05, 4.69) is 42.3 Å². The quantitative estimate of drug-likeness (QED) is 0.323. The molecule has 4 unspecified atom stereocenters. The number of nitrogens with zero attached hydrogens (tertiary/aromatic N) is 1. The molecule has 5 rings (SSSR count). The fourth-order valence-electron chi connectivity index (χ4n) is 7.37. The van der Waals surface area contributed by atoms with Crippen molar-refractivity contribution in [2.45, 2.75) is 88.4 Å². The number of ether oxygens (including phenoxy) is 1. The monoisotopic (exact) mass is 489 g/mol. The van der Waals surface area contributed by atoms with Crippen LogP contribution in [0.15, 0.2) is 60.7 Å². The molecular weight excluding hydrogens is 446 g/mol. The van der Waals surface area contributed by atoms with Gasteiger partial charge in [0.2, 0.25) is 0 Å². The second kappa shape index (κ2) is 11.5. The highest BCUT2D eigenvalue weighted by Crippen LogP contribution is 2.50. The topological polar surface area (TPSA) is 49.8 Å². The fraction of sp³-hybridized carbons (Fsp3) is 0.594. The Hall–Kier alpha value is -2.17. The minimum absolute atomic E-state index is 0.0619. The molecule has 3 saturated carbocycles. The van der Waals surface area contributed by atoms with E-state index in [0.717, 1.165) is 57.9 Å². The molecule has 0 saturated heterocycles. The van der Waals surface area contributed by atoms with E-state index in [-0.39, 0.29) is 12.0 Å². The van der Waals surface area contributed by atoms with Crippen LogP contribution in [0.5, 0.6) is 0 Å². The highest BCUT2D eigenvalue weighted by atomic mass is 16.6. The van der Waals surface area contributed by atoms with E-state index in [0.29, 0.717) is 23.4 Å². The summed E-state index contributed by atoms with van der Waals surface area (Å²) < 4.78 is 6.32. The number of benzene rings is 2. The molecule has 36 heavy (non-hydrogen) atoms. The predicted octanol–water partition coefficient (Wildman–Crippen LogP) is 6.12. The number of aliphatic hydroxyl groups is 1. The third-order valence-corrected chi connectivity index (χ3v) is 9.40. The lowest BCUT2D eigenvalue weighted by molar-refractivity contribution is -0.183. The van der Waals surface area contributed by atoms with Crippen LogP contribution in [0.1, 0.15) is 75.3 Å². The minimum Gasteiger partial charge on any atom is -0.459 e. The summed E-state index contributed by atoms with van der Waals surface area (Å²) in [6.45, 7) is 1.08. The lowest BCUT2D eigenvalue weighted by Gasteiger charge is -2.38. The van der Waals surface area contributed by atoms with Gasteiger partial charge in [-0.25, -0.2) is 4.79 Å².